The number of nitrogens with zero attached hydrogens (tertiary/aromatic N) is 3. The van der Waals surface area contributed by atoms with Crippen molar-refractivity contribution in [3.05, 3.63) is 48.4 Å². The fraction of sp³-hybridized carbons (Fsp3) is 0.444. The summed E-state index contributed by atoms with van der Waals surface area (Å²) in [5.74, 6) is 1.47. The van der Waals surface area contributed by atoms with Crippen LogP contribution in [0.2, 0.25) is 0 Å². The first-order valence-electron chi connectivity index (χ1n) is 8.53. The van der Waals surface area contributed by atoms with Gasteiger partial charge < -0.3 is 19.9 Å². The third kappa shape index (κ3) is 7.76. The van der Waals surface area contributed by atoms with Crippen LogP contribution in [0.5, 0.6) is 5.88 Å². The predicted molar refractivity (Wildman–Crippen MR) is 113 cm³/mol. The van der Waals surface area contributed by atoms with Gasteiger partial charge in [0.15, 0.2) is 5.96 Å². The van der Waals surface area contributed by atoms with Crippen molar-refractivity contribution in [2.45, 2.75) is 33.4 Å². The molecule has 6 nitrogen and oxygen atoms in total. The third-order valence-corrected chi connectivity index (χ3v) is 3.37. The van der Waals surface area contributed by atoms with Crippen LogP contribution >= 0.6 is 24.0 Å². The molecule has 0 radical (unpaired) electrons. The lowest BCUT2D eigenvalue weighted by molar-refractivity contribution is 0.302. The molecule has 0 saturated carbocycles. The summed E-state index contributed by atoms with van der Waals surface area (Å²) in [4.78, 5) is 8.94. The van der Waals surface area contributed by atoms with Crippen molar-refractivity contribution in [1.82, 2.24) is 20.2 Å². The van der Waals surface area contributed by atoms with E-state index in [-0.39, 0.29) is 24.0 Å². The van der Waals surface area contributed by atoms with E-state index in [1.807, 2.05) is 24.3 Å². The minimum absolute atomic E-state index is 0. The Kier molecular flexibility index (Phi) is 10.7. The third-order valence-electron chi connectivity index (χ3n) is 3.37. The zero-order chi connectivity index (χ0) is 17.0. The molecular weight excluding hydrogens is 429 g/mol. The Labute approximate surface area is 167 Å². The van der Waals surface area contributed by atoms with Gasteiger partial charge in [0.25, 0.3) is 0 Å². The van der Waals surface area contributed by atoms with Crippen LogP contribution in [0.4, 0.5) is 0 Å². The number of pyridine rings is 1. The van der Waals surface area contributed by atoms with Gasteiger partial charge in [0, 0.05) is 43.8 Å². The Morgan fingerprint density at radius 1 is 1.20 bits per heavy atom. The smallest absolute Gasteiger partial charge is 0.218 e. The van der Waals surface area contributed by atoms with Gasteiger partial charge in [-0.05, 0) is 31.5 Å². The van der Waals surface area contributed by atoms with E-state index in [0.717, 1.165) is 37.6 Å². The number of aliphatic imine (C=N–C) groups is 1. The van der Waals surface area contributed by atoms with E-state index >= 15 is 0 Å². The fourth-order valence-corrected chi connectivity index (χ4v) is 2.20. The highest BCUT2D eigenvalue weighted by Gasteiger charge is 2.04. The van der Waals surface area contributed by atoms with E-state index in [2.05, 4.69) is 51.4 Å². The van der Waals surface area contributed by atoms with Crippen LogP contribution < -0.4 is 15.4 Å². The van der Waals surface area contributed by atoms with Gasteiger partial charge in [-0.1, -0.05) is 13.0 Å². The number of halogens is 1. The van der Waals surface area contributed by atoms with Gasteiger partial charge in [-0.15, -0.1) is 24.0 Å². The first kappa shape index (κ1) is 21.3. The van der Waals surface area contributed by atoms with Crippen molar-refractivity contribution in [3.8, 4) is 5.88 Å². The largest absolute Gasteiger partial charge is 0.477 e. The SMILES string of the molecule is CCCOc1ncccc1CN=C(NCC)NCCn1cccc1.I. The van der Waals surface area contributed by atoms with Gasteiger partial charge >= 0.3 is 0 Å². The number of nitrogens with one attached hydrogen (secondary N) is 2. The summed E-state index contributed by atoms with van der Waals surface area (Å²) < 4.78 is 7.82. The summed E-state index contributed by atoms with van der Waals surface area (Å²) in [7, 11) is 0. The monoisotopic (exact) mass is 457 g/mol. The van der Waals surface area contributed by atoms with E-state index in [1.165, 1.54) is 0 Å². The Balaban J connectivity index is 0.00000312. The molecule has 2 aromatic rings. The molecule has 25 heavy (non-hydrogen) atoms. The lowest BCUT2D eigenvalue weighted by atomic mass is 10.3. The highest BCUT2D eigenvalue weighted by atomic mass is 127. The van der Waals surface area contributed by atoms with E-state index < -0.39 is 0 Å². The van der Waals surface area contributed by atoms with E-state index in [4.69, 9.17) is 4.74 Å². The second kappa shape index (κ2) is 12.6. The molecule has 2 rings (SSSR count). The van der Waals surface area contributed by atoms with Crippen molar-refractivity contribution < 1.29 is 4.74 Å². The summed E-state index contributed by atoms with van der Waals surface area (Å²) in [5.41, 5.74) is 0.994. The van der Waals surface area contributed by atoms with Gasteiger partial charge in [0.2, 0.25) is 5.88 Å². The molecule has 0 aromatic carbocycles. The standard InChI is InChI=1S/C18H27N5O.HI/c1-3-14-24-17-16(8-7-9-20-17)15-22-18(19-4-2)21-10-13-23-11-5-6-12-23;/h5-9,11-12H,3-4,10,13-15H2,1-2H3,(H2,19,21,22);1H. The molecule has 0 spiro atoms. The van der Waals surface area contributed by atoms with Gasteiger partial charge in [0.05, 0.1) is 13.2 Å². The Hall–Kier alpha value is -1.77. The molecule has 0 atom stereocenters. The summed E-state index contributed by atoms with van der Waals surface area (Å²) in [6.45, 7) is 7.87. The van der Waals surface area contributed by atoms with Crippen LogP contribution in [-0.4, -0.2) is 35.2 Å². The molecule has 2 aromatic heterocycles. The Morgan fingerprint density at radius 3 is 2.72 bits per heavy atom. The number of hydrogen-bond donors (Lipinski definition) is 2. The number of ether oxygens (including phenoxy) is 1. The van der Waals surface area contributed by atoms with Gasteiger partial charge in [-0.2, -0.15) is 0 Å². The first-order chi connectivity index (χ1) is 11.8. The summed E-state index contributed by atoms with van der Waals surface area (Å²) in [5, 5.41) is 6.61. The van der Waals surface area contributed by atoms with Crippen molar-refractivity contribution in [2.24, 2.45) is 4.99 Å². The van der Waals surface area contributed by atoms with Crippen LogP contribution in [0.25, 0.3) is 0 Å². The van der Waals surface area contributed by atoms with Gasteiger partial charge in [-0.25, -0.2) is 9.98 Å². The molecule has 0 fully saturated rings. The van der Waals surface area contributed by atoms with Crippen LogP contribution in [-0.2, 0) is 13.1 Å². The average Bonchev–Trinajstić information content (AvgIpc) is 3.12. The zero-order valence-corrected chi connectivity index (χ0v) is 17.3. The van der Waals surface area contributed by atoms with E-state index in [9.17, 15) is 0 Å². The molecule has 0 aliphatic heterocycles. The lowest BCUT2D eigenvalue weighted by Crippen LogP contribution is -2.38. The number of aromatic nitrogens is 2. The van der Waals surface area contributed by atoms with Crippen molar-refractivity contribution >= 4 is 29.9 Å². The van der Waals surface area contributed by atoms with E-state index in [0.29, 0.717) is 19.0 Å². The molecule has 0 aliphatic rings. The molecule has 2 heterocycles. The Bertz CT molecular complexity index is 616. The topological polar surface area (TPSA) is 63.5 Å². The fourth-order valence-electron chi connectivity index (χ4n) is 2.20. The minimum atomic E-state index is 0. The highest BCUT2D eigenvalue weighted by Crippen LogP contribution is 2.15. The van der Waals surface area contributed by atoms with Crippen LogP contribution in [0.1, 0.15) is 25.8 Å². The number of guanidine groups is 1. The van der Waals surface area contributed by atoms with Crippen LogP contribution in [0, 0.1) is 0 Å². The molecular formula is C18H28IN5O. The average molecular weight is 457 g/mol. The van der Waals surface area contributed by atoms with Gasteiger partial charge in [-0.3, -0.25) is 0 Å². The van der Waals surface area contributed by atoms with Crippen molar-refractivity contribution in [1.29, 1.82) is 0 Å². The molecule has 7 heteroatoms. The van der Waals surface area contributed by atoms with E-state index in [1.54, 1.807) is 6.20 Å². The molecule has 0 unspecified atom stereocenters. The maximum atomic E-state index is 5.68. The van der Waals surface area contributed by atoms with Crippen molar-refractivity contribution in [3.63, 3.8) is 0 Å². The lowest BCUT2D eigenvalue weighted by Gasteiger charge is -2.12. The first-order valence-corrected chi connectivity index (χ1v) is 8.53. The summed E-state index contributed by atoms with van der Waals surface area (Å²) >= 11 is 0. The maximum absolute atomic E-state index is 5.68. The number of rotatable bonds is 9. The van der Waals surface area contributed by atoms with Gasteiger partial charge in [0.1, 0.15) is 0 Å². The molecule has 138 valence electrons. The second-order valence-electron chi connectivity index (χ2n) is 5.36. The molecule has 0 bridgehead atoms. The van der Waals surface area contributed by atoms with Crippen LogP contribution in [0.15, 0.2) is 47.8 Å². The van der Waals surface area contributed by atoms with Crippen molar-refractivity contribution in [2.75, 3.05) is 19.7 Å². The molecule has 0 amide bonds. The Morgan fingerprint density at radius 2 is 2.00 bits per heavy atom. The zero-order valence-electron chi connectivity index (χ0n) is 14.9. The quantitative estimate of drug-likeness (QED) is 0.345. The molecule has 2 N–H and O–H groups in total. The molecule has 0 aliphatic carbocycles. The highest BCUT2D eigenvalue weighted by molar-refractivity contribution is 14.0. The summed E-state index contributed by atoms with van der Waals surface area (Å²) in [6.07, 6.45) is 6.82. The predicted octanol–water partition coefficient (Wildman–Crippen LogP) is 3.05. The number of hydrogen-bond acceptors (Lipinski definition) is 3. The summed E-state index contributed by atoms with van der Waals surface area (Å²) in [6, 6.07) is 7.97. The second-order valence-corrected chi connectivity index (χ2v) is 5.36. The van der Waals surface area contributed by atoms with Crippen LogP contribution in [0.3, 0.4) is 0 Å². The maximum Gasteiger partial charge on any atom is 0.218 e. The molecule has 0 saturated heterocycles. The normalized spacial score (nSPS) is 10.9. The minimum Gasteiger partial charge on any atom is -0.477 e.